The Bertz CT molecular complexity index is 1170. The van der Waals surface area contributed by atoms with E-state index < -0.39 is 15.9 Å². The number of para-hydroxylation sites is 1. The van der Waals surface area contributed by atoms with Crippen LogP contribution in [0.15, 0.2) is 78.0 Å². The van der Waals surface area contributed by atoms with Crippen LogP contribution in [0.4, 0.5) is 5.69 Å². The molecular weight excluding hydrogens is 404 g/mol. The van der Waals surface area contributed by atoms with Crippen molar-refractivity contribution < 1.29 is 23.0 Å². The molecular formula is C22H20N2O5S. The number of nitrogens with zero attached hydrogens (tertiary/aromatic N) is 2. The van der Waals surface area contributed by atoms with Gasteiger partial charge in [-0.2, -0.15) is 4.73 Å². The van der Waals surface area contributed by atoms with Crippen molar-refractivity contribution in [2.75, 3.05) is 4.31 Å². The number of benzene rings is 2. The van der Waals surface area contributed by atoms with E-state index in [1.54, 1.807) is 48.6 Å². The third-order valence-electron chi connectivity index (χ3n) is 4.37. The van der Waals surface area contributed by atoms with Crippen LogP contribution in [-0.4, -0.2) is 19.4 Å². The minimum atomic E-state index is -4.17. The zero-order valence-corrected chi connectivity index (χ0v) is 17.0. The second kappa shape index (κ2) is 8.89. The Morgan fingerprint density at radius 3 is 2.27 bits per heavy atom. The lowest BCUT2D eigenvalue weighted by atomic mass is 10.1. The summed E-state index contributed by atoms with van der Waals surface area (Å²) in [5.41, 5.74) is 2.03. The Morgan fingerprint density at radius 1 is 1.03 bits per heavy atom. The third-order valence-corrected chi connectivity index (χ3v) is 6.17. The maximum atomic E-state index is 13.2. The van der Waals surface area contributed by atoms with Crippen molar-refractivity contribution in [3.8, 4) is 0 Å². The molecule has 0 bridgehead atoms. The zero-order valence-electron chi connectivity index (χ0n) is 16.2. The quantitative estimate of drug-likeness (QED) is 0.484. The summed E-state index contributed by atoms with van der Waals surface area (Å²) in [6.45, 7) is 0.973. The number of hydrogen-bond donors (Lipinski definition) is 1. The highest BCUT2D eigenvalue weighted by Gasteiger charge is 2.29. The van der Waals surface area contributed by atoms with Gasteiger partial charge in [0.15, 0.2) is 12.4 Å². The van der Waals surface area contributed by atoms with Gasteiger partial charge in [-0.1, -0.05) is 42.5 Å². The number of aromatic nitrogens is 1. The van der Waals surface area contributed by atoms with Crippen molar-refractivity contribution >= 4 is 33.8 Å². The van der Waals surface area contributed by atoms with Gasteiger partial charge in [0.2, 0.25) is 5.91 Å². The molecule has 30 heavy (non-hydrogen) atoms. The highest BCUT2D eigenvalue weighted by molar-refractivity contribution is 7.93. The summed E-state index contributed by atoms with van der Waals surface area (Å²) in [6, 6.07) is 15.6. The molecule has 7 nitrogen and oxygen atoms in total. The molecule has 2 aromatic carbocycles. The van der Waals surface area contributed by atoms with Crippen LogP contribution in [-0.2, 0) is 21.4 Å². The number of carbonyl (C=O) groups is 1. The standard InChI is InChI=1S/C22H20N2O5S/c1-17(26)24(30(28,29)21-10-7-19(16-25)8-11-21)22-5-3-2-4-20(22)9-6-18-12-14-23(27)15-13-18/h2-15,25H,16H2,1H3/b9-6+. The molecule has 0 spiro atoms. The van der Waals surface area contributed by atoms with Gasteiger partial charge in [0.05, 0.1) is 17.2 Å². The minimum absolute atomic E-state index is 0.0586. The van der Waals surface area contributed by atoms with Crippen LogP contribution < -0.4 is 9.04 Å². The molecule has 0 atom stereocenters. The Kier molecular flexibility index (Phi) is 6.29. The highest BCUT2D eigenvalue weighted by Crippen LogP contribution is 2.29. The molecule has 0 unspecified atom stereocenters. The second-order valence-corrected chi connectivity index (χ2v) is 8.26. The predicted molar refractivity (Wildman–Crippen MR) is 113 cm³/mol. The molecule has 3 rings (SSSR count). The molecule has 0 saturated carbocycles. The molecule has 0 aliphatic rings. The molecule has 0 fully saturated rings. The first-order valence-electron chi connectivity index (χ1n) is 9.04. The van der Waals surface area contributed by atoms with Gasteiger partial charge < -0.3 is 10.3 Å². The number of pyridine rings is 1. The van der Waals surface area contributed by atoms with Crippen molar-refractivity contribution in [1.29, 1.82) is 0 Å². The van der Waals surface area contributed by atoms with Crippen molar-refractivity contribution in [2.45, 2.75) is 18.4 Å². The summed E-state index contributed by atoms with van der Waals surface area (Å²) in [5, 5.41) is 20.3. The minimum Gasteiger partial charge on any atom is -0.619 e. The van der Waals surface area contributed by atoms with Gasteiger partial charge in [0.25, 0.3) is 10.0 Å². The fraction of sp³-hybridized carbons (Fsp3) is 0.0909. The topological polar surface area (TPSA) is 102 Å². The molecule has 0 saturated heterocycles. The number of amides is 1. The number of anilines is 1. The van der Waals surface area contributed by atoms with Gasteiger partial charge in [-0.25, -0.2) is 12.7 Å². The molecule has 0 aliphatic carbocycles. The lowest BCUT2D eigenvalue weighted by molar-refractivity contribution is -0.605. The van der Waals surface area contributed by atoms with E-state index in [0.29, 0.717) is 15.9 Å². The monoisotopic (exact) mass is 424 g/mol. The number of aliphatic hydroxyl groups is 1. The first-order chi connectivity index (χ1) is 14.3. The van der Waals surface area contributed by atoms with Crippen LogP contribution >= 0.6 is 0 Å². The summed E-state index contributed by atoms with van der Waals surface area (Å²) < 4.78 is 27.9. The first-order valence-corrected chi connectivity index (χ1v) is 10.5. The predicted octanol–water partition coefficient (Wildman–Crippen LogP) is 2.72. The van der Waals surface area contributed by atoms with E-state index >= 15 is 0 Å². The lowest BCUT2D eigenvalue weighted by Gasteiger charge is -2.23. The number of rotatable bonds is 6. The van der Waals surface area contributed by atoms with Crippen molar-refractivity contribution in [2.24, 2.45) is 0 Å². The van der Waals surface area contributed by atoms with Crippen LogP contribution in [0.3, 0.4) is 0 Å². The van der Waals surface area contributed by atoms with Crippen LogP contribution in [0.1, 0.15) is 23.6 Å². The van der Waals surface area contributed by atoms with Gasteiger partial charge in [-0.3, -0.25) is 4.79 Å². The largest absolute Gasteiger partial charge is 0.619 e. The van der Waals surface area contributed by atoms with E-state index in [-0.39, 0.29) is 17.2 Å². The third kappa shape index (κ3) is 4.56. The fourth-order valence-electron chi connectivity index (χ4n) is 2.88. The van der Waals surface area contributed by atoms with E-state index in [1.807, 2.05) is 0 Å². The van der Waals surface area contributed by atoms with E-state index in [4.69, 9.17) is 0 Å². The molecule has 8 heteroatoms. The van der Waals surface area contributed by atoms with E-state index in [1.165, 1.54) is 43.6 Å². The Hall–Kier alpha value is -3.49. The maximum Gasteiger partial charge on any atom is 0.270 e. The number of aliphatic hydroxyl groups excluding tert-OH is 1. The van der Waals surface area contributed by atoms with Crippen LogP contribution in [0.25, 0.3) is 12.2 Å². The Labute approximate surface area is 174 Å². The van der Waals surface area contributed by atoms with Crippen molar-refractivity contribution in [3.05, 3.63) is 95.0 Å². The summed E-state index contributed by atoms with van der Waals surface area (Å²) >= 11 is 0. The van der Waals surface area contributed by atoms with Crippen LogP contribution in [0, 0.1) is 5.21 Å². The molecule has 1 amide bonds. The average molecular weight is 424 g/mol. The van der Waals surface area contributed by atoms with Crippen LogP contribution in [0.2, 0.25) is 0 Å². The number of hydrogen-bond acceptors (Lipinski definition) is 5. The summed E-state index contributed by atoms with van der Waals surface area (Å²) in [4.78, 5) is 12.3. The van der Waals surface area contributed by atoms with Crippen molar-refractivity contribution in [3.63, 3.8) is 0 Å². The maximum absolute atomic E-state index is 13.2. The summed E-state index contributed by atoms with van der Waals surface area (Å²) in [5.74, 6) is -0.658. The number of sulfonamides is 1. The molecule has 0 aliphatic heterocycles. The van der Waals surface area contributed by atoms with Gasteiger partial charge in [-0.15, -0.1) is 0 Å². The second-order valence-electron chi connectivity index (χ2n) is 6.47. The van der Waals surface area contributed by atoms with Gasteiger partial charge in [0.1, 0.15) is 0 Å². The normalized spacial score (nSPS) is 11.5. The average Bonchev–Trinajstić information content (AvgIpc) is 2.74. The first kappa shape index (κ1) is 21.2. The number of carbonyl (C=O) groups excluding carboxylic acids is 1. The Morgan fingerprint density at radius 2 is 1.67 bits per heavy atom. The molecule has 0 radical (unpaired) electrons. The van der Waals surface area contributed by atoms with Gasteiger partial charge in [-0.05, 0) is 34.9 Å². The highest BCUT2D eigenvalue weighted by atomic mass is 32.2. The van der Waals surface area contributed by atoms with Gasteiger partial charge in [0, 0.05) is 19.1 Å². The van der Waals surface area contributed by atoms with Gasteiger partial charge >= 0.3 is 0 Å². The molecule has 1 N–H and O–H groups in total. The fourth-order valence-corrected chi connectivity index (χ4v) is 4.33. The van der Waals surface area contributed by atoms with E-state index in [0.717, 1.165) is 9.87 Å². The molecule has 3 aromatic rings. The lowest BCUT2D eigenvalue weighted by Crippen LogP contribution is -2.35. The zero-order chi connectivity index (χ0) is 21.7. The molecule has 154 valence electrons. The SMILES string of the molecule is CC(=O)N(c1ccccc1/C=C/c1cc[n+]([O-])cc1)S(=O)(=O)c1ccc(CO)cc1. The van der Waals surface area contributed by atoms with E-state index in [9.17, 15) is 23.5 Å². The van der Waals surface area contributed by atoms with E-state index in [2.05, 4.69) is 0 Å². The molecule has 1 heterocycles. The van der Waals surface area contributed by atoms with Crippen LogP contribution in [0.5, 0.6) is 0 Å². The summed E-state index contributed by atoms with van der Waals surface area (Å²) in [6.07, 6.45) is 6.11. The van der Waals surface area contributed by atoms with Crippen molar-refractivity contribution in [1.82, 2.24) is 0 Å². The molecule has 1 aromatic heterocycles. The summed E-state index contributed by atoms with van der Waals surface area (Å²) in [7, 11) is -4.17. The Balaban J connectivity index is 2.04. The smallest absolute Gasteiger partial charge is 0.270 e.